The predicted molar refractivity (Wildman–Crippen MR) is 180 cm³/mol. The molecule has 0 spiro atoms. The molecule has 0 radical (unpaired) electrons. The third-order valence-corrected chi connectivity index (χ3v) is 10.8. The smallest absolute Gasteiger partial charge is 0.411 e. The lowest BCUT2D eigenvalue weighted by Gasteiger charge is -2.33. The van der Waals surface area contributed by atoms with Gasteiger partial charge >= 0.3 is 12.1 Å². The molecule has 0 unspecified atom stereocenters. The molecule has 4 aromatic rings. The molecular weight excluding hydrogens is 657 g/mol. The number of nitrogens with one attached hydrogen (secondary N) is 2. The summed E-state index contributed by atoms with van der Waals surface area (Å²) in [4.78, 5) is 44.7. The quantitative estimate of drug-likeness (QED) is 0.172. The van der Waals surface area contributed by atoms with E-state index in [1.54, 1.807) is 24.3 Å². The first-order valence-corrected chi connectivity index (χ1v) is 16.8. The summed E-state index contributed by atoms with van der Waals surface area (Å²) in [5.41, 5.74) is 6.44. The Morgan fingerprint density at radius 1 is 1.04 bits per heavy atom. The number of fused-ring (bicyclic) bond motifs is 1. The molecule has 2 heterocycles. The van der Waals surface area contributed by atoms with Crippen molar-refractivity contribution >= 4 is 55.8 Å². The van der Waals surface area contributed by atoms with E-state index in [0.29, 0.717) is 22.3 Å². The molecule has 1 fully saturated rings. The van der Waals surface area contributed by atoms with E-state index in [1.165, 1.54) is 62.4 Å². The van der Waals surface area contributed by atoms with Crippen LogP contribution in [0.1, 0.15) is 43.5 Å². The lowest BCUT2D eigenvalue weighted by atomic mass is 9.92. The zero-order chi connectivity index (χ0) is 35.6. The maximum atomic E-state index is 15.6. The molecule has 15 heteroatoms. The molecule has 3 aromatic carbocycles. The molecule has 13 nitrogen and oxygen atoms in total. The topological polar surface area (TPSA) is 190 Å². The number of amides is 2. The Bertz CT molecular complexity index is 2040. The maximum absolute atomic E-state index is 15.6. The van der Waals surface area contributed by atoms with Gasteiger partial charge in [0.25, 0.3) is 0 Å². The normalized spacial score (nSPS) is 16.7. The Morgan fingerprint density at radius 3 is 2.45 bits per heavy atom. The van der Waals surface area contributed by atoms with E-state index < -0.39 is 56.9 Å². The van der Waals surface area contributed by atoms with Crippen molar-refractivity contribution in [3.63, 3.8) is 0 Å². The van der Waals surface area contributed by atoms with E-state index >= 15 is 4.39 Å². The number of aliphatic carboxylic acids is 1. The van der Waals surface area contributed by atoms with Crippen molar-refractivity contribution in [1.29, 1.82) is 0 Å². The van der Waals surface area contributed by atoms with Crippen molar-refractivity contribution in [3.05, 3.63) is 83.8 Å². The summed E-state index contributed by atoms with van der Waals surface area (Å²) >= 11 is 0. The number of rotatable bonds is 10. The second-order valence-electron chi connectivity index (χ2n) is 11.8. The fourth-order valence-electron chi connectivity index (χ4n) is 5.99. The van der Waals surface area contributed by atoms with Gasteiger partial charge in [0, 0.05) is 35.1 Å². The van der Waals surface area contributed by atoms with Gasteiger partial charge in [-0.25, -0.2) is 22.6 Å². The highest BCUT2D eigenvalue weighted by molar-refractivity contribution is 7.92. The number of nitrogens with two attached hydrogens (primary N) is 1. The Kier molecular flexibility index (Phi) is 9.94. The predicted octanol–water partition coefficient (Wildman–Crippen LogP) is 5.15. The van der Waals surface area contributed by atoms with E-state index in [2.05, 4.69) is 20.4 Å². The number of carbonyl (C=O) groups is 3. The monoisotopic (exact) mass is 693 g/mol. The highest BCUT2D eigenvalue weighted by Crippen LogP contribution is 2.44. The largest absolute Gasteiger partial charge is 0.497 e. The first-order chi connectivity index (χ1) is 23.3. The first-order valence-electron chi connectivity index (χ1n) is 15.3. The lowest BCUT2D eigenvalue weighted by molar-refractivity contribution is -0.143. The minimum atomic E-state index is -4.04. The number of anilines is 3. The summed E-state index contributed by atoms with van der Waals surface area (Å²) in [6.07, 6.45) is 0.653. The maximum Gasteiger partial charge on any atom is 0.411 e. The molecule has 2 amide bonds. The summed E-state index contributed by atoms with van der Waals surface area (Å²) in [7, 11) is -1.49. The van der Waals surface area contributed by atoms with Gasteiger partial charge in [-0.15, -0.1) is 0 Å². The molecule has 1 aromatic heterocycles. The highest BCUT2D eigenvalue weighted by atomic mass is 32.2. The fraction of sp³-hybridized carbons (Fsp3) is 0.294. The van der Waals surface area contributed by atoms with Crippen LogP contribution in [-0.4, -0.2) is 67.4 Å². The van der Waals surface area contributed by atoms with E-state index in [1.807, 2.05) is 0 Å². The highest BCUT2D eigenvalue weighted by Gasteiger charge is 2.46. The summed E-state index contributed by atoms with van der Waals surface area (Å²) in [6.45, 7) is 2.86. The Hall–Kier alpha value is -5.44. The van der Waals surface area contributed by atoms with Crippen LogP contribution in [0, 0.1) is 11.7 Å². The molecule has 1 aliphatic heterocycles. The second-order valence-corrected chi connectivity index (χ2v) is 14.2. The molecule has 49 heavy (non-hydrogen) atoms. The summed E-state index contributed by atoms with van der Waals surface area (Å²) in [6, 6.07) is 11.9. The third kappa shape index (κ3) is 6.92. The number of aromatic nitrogens is 1. The van der Waals surface area contributed by atoms with E-state index in [4.69, 9.17) is 10.5 Å². The number of benzene rings is 3. The SMILES string of the molecule is COC(=O)Nc1ccc(S(=O)(=O)C(C)C)c([C@H]2[C@@H](C(=O)O)CCN2C(=O)[C@H](Nc2ccc3c(N)nccc3c2)c2cc(OC)ccc2F)c1. The molecule has 1 saturated heterocycles. The molecule has 0 saturated carbocycles. The lowest BCUT2D eigenvalue weighted by Crippen LogP contribution is -2.40. The van der Waals surface area contributed by atoms with Gasteiger partial charge in [-0.2, -0.15) is 0 Å². The van der Waals surface area contributed by atoms with Gasteiger partial charge in [-0.05, 0) is 91.9 Å². The standard InChI is InChI=1S/C34H36FN5O8S/c1-18(2)49(45,46)28-10-6-21(39-34(44)48-4)16-26(28)30-24(33(42)43)12-14-40(30)32(41)29(25-17-22(47-3)7-9-27(25)35)38-20-5-8-23-19(15-20)11-13-37-31(23)36/h5-11,13,15-18,24,29-30,38H,12,14H2,1-4H3,(H2,36,37)(H,39,44)(H,42,43)/t24-,29+,30+/m0/s1. The zero-order valence-corrected chi connectivity index (χ0v) is 28.0. The molecule has 3 atom stereocenters. The van der Waals surface area contributed by atoms with Gasteiger partial charge in [0.1, 0.15) is 23.4 Å². The number of nitrogens with zero attached hydrogens (tertiary/aromatic N) is 2. The minimum absolute atomic E-state index is 0.0144. The van der Waals surface area contributed by atoms with Crippen LogP contribution in [0.4, 0.5) is 26.4 Å². The van der Waals surface area contributed by atoms with Crippen LogP contribution in [0.2, 0.25) is 0 Å². The van der Waals surface area contributed by atoms with Gasteiger partial charge in [-0.3, -0.25) is 14.9 Å². The number of carboxylic acids is 1. The Morgan fingerprint density at radius 2 is 1.78 bits per heavy atom. The van der Waals surface area contributed by atoms with Crippen LogP contribution >= 0.6 is 0 Å². The van der Waals surface area contributed by atoms with Crippen molar-refractivity contribution in [1.82, 2.24) is 9.88 Å². The molecule has 0 aliphatic carbocycles. The average Bonchev–Trinajstić information content (AvgIpc) is 3.53. The van der Waals surface area contributed by atoms with Crippen molar-refractivity contribution in [2.45, 2.75) is 42.5 Å². The number of hydrogen-bond acceptors (Lipinski definition) is 10. The molecular formula is C34H36FN5O8S. The summed E-state index contributed by atoms with van der Waals surface area (Å²) in [5.74, 6) is -3.41. The molecule has 0 bridgehead atoms. The van der Waals surface area contributed by atoms with Crippen molar-refractivity contribution in [2.75, 3.05) is 37.1 Å². The number of pyridine rings is 1. The van der Waals surface area contributed by atoms with Crippen LogP contribution in [0.25, 0.3) is 10.8 Å². The van der Waals surface area contributed by atoms with Gasteiger partial charge in [-0.1, -0.05) is 0 Å². The van der Waals surface area contributed by atoms with Crippen molar-refractivity contribution < 1.29 is 41.8 Å². The van der Waals surface area contributed by atoms with Crippen LogP contribution in [0.5, 0.6) is 5.75 Å². The second kappa shape index (κ2) is 14.0. The first kappa shape index (κ1) is 34.9. The number of halogens is 1. The number of carboxylic acid groups (broad SMARTS) is 1. The number of carbonyl (C=O) groups excluding carboxylic acids is 2. The minimum Gasteiger partial charge on any atom is -0.497 e. The fourth-order valence-corrected chi connectivity index (χ4v) is 7.26. The van der Waals surface area contributed by atoms with E-state index in [-0.39, 0.29) is 40.4 Å². The number of methoxy groups -OCH3 is 2. The summed E-state index contributed by atoms with van der Waals surface area (Å²) < 4.78 is 52.9. The van der Waals surface area contributed by atoms with Crippen LogP contribution in [0.3, 0.4) is 0 Å². The van der Waals surface area contributed by atoms with E-state index in [0.717, 1.165) is 13.2 Å². The van der Waals surface area contributed by atoms with Crippen molar-refractivity contribution in [3.8, 4) is 5.75 Å². The van der Waals surface area contributed by atoms with Gasteiger partial charge in [0.05, 0.1) is 36.3 Å². The van der Waals surface area contributed by atoms with Gasteiger partial charge < -0.3 is 30.5 Å². The Labute approximate surface area is 282 Å². The van der Waals surface area contributed by atoms with Crippen LogP contribution < -0.4 is 21.1 Å². The number of hydrogen-bond donors (Lipinski definition) is 4. The Balaban J connectivity index is 1.68. The van der Waals surface area contributed by atoms with Crippen molar-refractivity contribution in [2.24, 2.45) is 5.92 Å². The molecule has 258 valence electrons. The van der Waals surface area contributed by atoms with Gasteiger partial charge in [0.2, 0.25) is 5.91 Å². The number of sulfone groups is 1. The van der Waals surface area contributed by atoms with Gasteiger partial charge in [0.15, 0.2) is 9.84 Å². The van der Waals surface area contributed by atoms with Crippen LogP contribution in [-0.2, 0) is 24.2 Å². The zero-order valence-electron chi connectivity index (χ0n) is 27.1. The average molecular weight is 694 g/mol. The number of likely N-dealkylation sites (tertiary alicyclic amines) is 1. The number of nitrogen functional groups attached to an aromatic ring is 1. The van der Waals surface area contributed by atoms with Crippen LogP contribution in [0.15, 0.2) is 71.8 Å². The van der Waals surface area contributed by atoms with E-state index in [9.17, 15) is 27.9 Å². The summed E-state index contributed by atoms with van der Waals surface area (Å²) in [5, 5.41) is 16.4. The number of ether oxygens (including phenoxy) is 2. The molecule has 1 aliphatic rings. The molecule has 5 N–H and O–H groups in total. The third-order valence-electron chi connectivity index (χ3n) is 8.55. The molecule has 5 rings (SSSR count).